The number of hydrogen-bond acceptors (Lipinski definition) is 3. The Morgan fingerprint density at radius 3 is 2.42 bits per heavy atom. The van der Waals surface area contributed by atoms with Crippen LogP contribution in [0.4, 0.5) is 0 Å². The molecule has 5 heteroatoms. The second kappa shape index (κ2) is 13.2. The van der Waals surface area contributed by atoms with Crippen molar-refractivity contribution < 1.29 is 9.53 Å². The van der Waals surface area contributed by atoms with Gasteiger partial charge in [-0.3, -0.25) is 9.78 Å². The fourth-order valence-corrected chi connectivity index (χ4v) is 5.53. The zero-order chi connectivity index (χ0) is 29.4. The molecule has 2 heterocycles. The lowest BCUT2D eigenvalue weighted by Gasteiger charge is -2.18. The predicted octanol–water partition coefficient (Wildman–Crippen LogP) is 8.07. The number of fused-ring (bicyclic) bond motifs is 1. The van der Waals surface area contributed by atoms with Gasteiger partial charge in [-0.05, 0) is 66.1 Å². The SMILES string of the molecule is Cc1ccc(Cn2cc(C(CC(=O)NCCc3ccccn3)c3cccc(Oc4ccccc4)c3)c3ccccc32)cc1. The Labute approximate surface area is 252 Å². The lowest BCUT2D eigenvalue weighted by molar-refractivity contribution is -0.121. The highest BCUT2D eigenvalue weighted by molar-refractivity contribution is 5.87. The number of aryl methyl sites for hydroxylation is 1. The molecule has 214 valence electrons. The number of ether oxygens (including phenoxy) is 1. The highest BCUT2D eigenvalue weighted by Crippen LogP contribution is 2.37. The topological polar surface area (TPSA) is 56.2 Å². The molecule has 0 fully saturated rings. The van der Waals surface area contributed by atoms with Gasteiger partial charge in [-0.15, -0.1) is 0 Å². The molecule has 0 aliphatic carbocycles. The van der Waals surface area contributed by atoms with E-state index in [0.29, 0.717) is 19.4 Å². The summed E-state index contributed by atoms with van der Waals surface area (Å²) in [6.45, 7) is 3.39. The van der Waals surface area contributed by atoms with E-state index in [9.17, 15) is 4.79 Å². The van der Waals surface area contributed by atoms with Crippen molar-refractivity contribution in [2.24, 2.45) is 0 Å². The fourth-order valence-electron chi connectivity index (χ4n) is 5.53. The maximum atomic E-state index is 13.5. The van der Waals surface area contributed by atoms with Crippen LogP contribution in [0.25, 0.3) is 10.9 Å². The molecule has 0 bridgehead atoms. The number of pyridine rings is 1. The summed E-state index contributed by atoms with van der Waals surface area (Å²) in [5.74, 6) is 1.36. The zero-order valence-corrected chi connectivity index (χ0v) is 24.3. The first kappa shape index (κ1) is 28.0. The number of nitrogens with zero attached hydrogens (tertiary/aromatic N) is 2. The summed E-state index contributed by atoms with van der Waals surface area (Å²) < 4.78 is 8.49. The average molecular weight is 566 g/mol. The second-order valence-corrected chi connectivity index (χ2v) is 10.9. The quantitative estimate of drug-likeness (QED) is 0.173. The smallest absolute Gasteiger partial charge is 0.220 e. The van der Waals surface area contributed by atoms with Crippen molar-refractivity contribution in [3.05, 3.63) is 162 Å². The first-order chi connectivity index (χ1) is 21.1. The number of nitrogens with one attached hydrogen (secondary N) is 1. The van der Waals surface area contributed by atoms with E-state index in [1.54, 1.807) is 6.20 Å². The van der Waals surface area contributed by atoms with Gasteiger partial charge in [0.25, 0.3) is 0 Å². The lowest BCUT2D eigenvalue weighted by atomic mass is 9.88. The van der Waals surface area contributed by atoms with E-state index in [2.05, 4.69) is 88.7 Å². The Morgan fingerprint density at radius 1 is 0.837 bits per heavy atom. The van der Waals surface area contributed by atoms with Crippen molar-refractivity contribution in [2.75, 3.05) is 6.54 Å². The summed E-state index contributed by atoms with van der Waals surface area (Å²) in [5.41, 5.74) is 6.75. The number of carbonyl (C=O) groups excluding carboxylic acids is 1. The van der Waals surface area contributed by atoms with Crippen LogP contribution in [0.1, 0.15) is 40.3 Å². The van der Waals surface area contributed by atoms with Crippen molar-refractivity contribution in [1.82, 2.24) is 14.9 Å². The highest BCUT2D eigenvalue weighted by Gasteiger charge is 2.23. The summed E-state index contributed by atoms with van der Waals surface area (Å²) in [5, 5.41) is 4.29. The maximum absolute atomic E-state index is 13.5. The average Bonchev–Trinajstić information content (AvgIpc) is 3.40. The predicted molar refractivity (Wildman–Crippen MR) is 173 cm³/mol. The molecule has 1 unspecified atom stereocenters. The maximum Gasteiger partial charge on any atom is 0.220 e. The number of rotatable bonds is 11. The molecule has 0 aliphatic heterocycles. The van der Waals surface area contributed by atoms with Crippen molar-refractivity contribution in [3.63, 3.8) is 0 Å². The highest BCUT2D eigenvalue weighted by atomic mass is 16.5. The Bertz CT molecular complexity index is 1790. The molecule has 43 heavy (non-hydrogen) atoms. The van der Waals surface area contributed by atoms with Crippen LogP contribution in [0.15, 0.2) is 134 Å². The molecule has 2 aromatic heterocycles. The third-order valence-corrected chi connectivity index (χ3v) is 7.73. The van der Waals surface area contributed by atoms with E-state index in [4.69, 9.17) is 4.74 Å². The molecule has 1 N–H and O–H groups in total. The van der Waals surface area contributed by atoms with Crippen LogP contribution < -0.4 is 10.1 Å². The van der Waals surface area contributed by atoms with E-state index in [1.165, 1.54) is 11.1 Å². The zero-order valence-electron chi connectivity index (χ0n) is 24.3. The number of para-hydroxylation sites is 2. The minimum absolute atomic E-state index is 0.00526. The van der Waals surface area contributed by atoms with Gasteiger partial charge in [-0.1, -0.05) is 84.4 Å². The van der Waals surface area contributed by atoms with Crippen molar-refractivity contribution >= 4 is 16.8 Å². The van der Waals surface area contributed by atoms with Gasteiger partial charge < -0.3 is 14.6 Å². The monoisotopic (exact) mass is 565 g/mol. The molecule has 6 aromatic rings. The van der Waals surface area contributed by atoms with Gasteiger partial charge in [0.2, 0.25) is 5.91 Å². The van der Waals surface area contributed by atoms with Gasteiger partial charge in [0.1, 0.15) is 11.5 Å². The number of amides is 1. The van der Waals surface area contributed by atoms with Gasteiger partial charge in [-0.25, -0.2) is 0 Å². The van der Waals surface area contributed by atoms with Crippen LogP contribution in [0.3, 0.4) is 0 Å². The van der Waals surface area contributed by atoms with Crippen LogP contribution in [-0.4, -0.2) is 22.0 Å². The van der Waals surface area contributed by atoms with Crippen LogP contribution in [-0.2, 0) is 17.8 Å². The first-order valence-electron chi connectivity index (χ1n) is 14.8. The Hall–Kier alpha value is -5.16. The standard InChI is InChI=1S/C38H35N3O2/c1-28-17-19-29(20-18-28)26-41-27-36(34-15-5-6-16-37(34)41)35(25-38(42)40-23-21-31-11-7-8-22-39-31)30-10-9-14-33(24-30)43-32-12-3-2-4-13-32/h2-20,22,24,27,35H,21,23,25-26H2,1H3,(H,40,42). The number of aromatic nitrogens is 2. The first-order valence-corrected chi connectivity index (χ1v) is 14.8. The summed E-state index contributed by atoms with van der Waals surface area (Å²) in [6.07, 6.45) is 5.01. The minimum Gasteiger partial charge on any atom is -0.457 e. The van der Waals surface area contributed by atoms with Crippen LogP contribution >= 0.6 is 0 Å². The molecule has 0 radical (unpaired) electrons. The molecule has 0 spiro atoms. The number of hydrogen-bond donors (Lipinski definition) is 1. The summed E-state index contributed by atoms with van der Waals surface area (Å²) in [4.78, 5) is 17.8. The molecule has 5 nitrogen and oxygen atoms in total. The fraction of sp³-hybridized carbons (Fsp3) is 0.158. The van der Waals surface area contributed by atoms with Gasteiger partial charge in [0.15, 0.2) is 0 Å². The summed E-state index contributed by atoms with van der Waals surface area (Å²) in [7, 11) is 0. The number of carbonyl (C=O) groups is 1. The van der Waals surface area contributed by atoms with E-state index < -0.39 is 0 Å². The van der Waals surface area contributed by atoms with Crippen molar-refractivity contribution in [1.29, 1.82) is 0 Å². The van der Waals surface area contributed by atoms with Gasteiger partial charge in [0.05, 0.1) is 0 Å². The summed E-state index contributed by atoms with van der Waals surface area (Å²) in [6, 6.07) is 40.9. The molecule has 1 amide bonds. The van der Waals surface area contributed by atoms with E-state index in [-0.39, 0.29) is 11.8 Å². The van der Waals surface area contributed by atoms with Crippen molar-refractivity contribution in [2.45, 2.75) is 32.2 Å². The van der Waals surface area contributed by atoms with Crippen LogP contribution in [0.5, 0.6) is 11.5 Å². The Kier molecular flexibility index (Phi) is 8.60. The Morgan fingerprint density at radius 2 is 1.60 bits per heavy atom. The lowest BCUT2D eigenvalue weighted by Crippen LogP contribution is -2.27. The van der Waals surface area contributed by atoms with Crippen LogP contribution in [0, 0.1) is 6.92 Å². The van der Waals surface area contributed by atoms with E-state index >= 15 is 0 Å². The molecule has 4 aromatic carbocycles. The third kappa shape index (κ3) is 7.02. The van der Waals surface area contributed by atoms with E-state index in [0.717, 1.165) is 45.8 Å². The molecular formula is C38H35N3O2. The second-order valence-electron chi connectivity index (χ2n) is 10.9. The largest absolute Gasteiger partial charge is 0.457 e. The molecule has 0 aliphatic rings. The van der Waals surface area contributed by atoms with Gasteiger partial charge >= 0.3 is 0 Å². The Balaban J connectivity index is 1.33. The van der Waals surface area contributed by atoms with Gasteiger partial charge in [0, 0.05) is 60.8 Å². The molecule has 0 saturated heterocycles. The number of benzene rings is 4. The van der Waals surface area contributed by atoms with Gasteiger partial charge in [-0.2, -0.15) is 0 Å². The summed E-state index contributed by atoms with van der Waals surface area (Å²) >= 11 is 0. The van der Waals surface area contributed by atoms with Crippen LogP contribution in [0.2, 0.25) is 0 Å². The molecule has 6 rings (SSSR count). The third-order valence-electron chi connectivity index (χ3n) is 7.73. The normalized spacial score (nSPS) is 11.7. The molecular weight excluding hydrogens is 530 g/mol. The molecule has 1 atom stereocenters. The van der Waals surface area contributed by atoms with Crippen molar-refractivity contribution in [3.8, 4) is 11.5 Å². The minimum atomic E-state index is -0.168. The van der Waals surface area contributed by atoms with E-state index in [1.807, 2.05) is 60.7 Å². The molecule has 0 saturated carbocycles.